The second kappa shape index (κ2) is 1.85. The van der Waals surface area contributed by atoms with Crippen LogP contribution in [0, 0.1) is 0 Å². The zero-order valence-electron chi connectivity index (χ0n) is 5.50. The maximum Gasteiger partial charge on any atom is 0.254 e. The lowest BCUT2D eigenvalue weighted by atomic mass is 10.3. The van der Waals surface area contributed by atoms with Crippen molar-refractivity contribution in [3.05, 3.63) is 18.0 Å². The molecule has 0 atom stereocenters. The fourth-order valence-electron chi connectivity index (χ4n) is 0.920. The SMILES string of the molecule is NC(=O)c1coc2cn[nH]c12. The van der Waals surface area contributed by atoms with E-state index in [1.807, 2.05) is 0 Å². The molecule has 0 aliphatic carbocycles. The van der Waals surface area contributed by atoms with Crippen molar-refractivity contribution in [2.75, 3.05) is 0 Å². The van der Waals surface area contributed by atoms with Gasteiger partial charge in [0.25, 0.3) is 5.91 Å². The van der Waals surface area contributed by atoms with Gasteiger partial charge in [-0.05, 0) is 0 Å². The number of aromatic nitrogens is 2. The van der Waals surface area contributed by atoms with E-state index < -0.39 is 5.91 Å². The molecule has 2 rings (SSSR count). The maximum absolute atomic E-state index is 10.7. The van der Waals surface area contributed by atoms with Crippen LogP contribution in [-0.4, -0.2) is 16.1 Å². The highest BCUT2D eigenvalue weighted by molar-refractivity contribution is 6.03. The molecule has 2 aromatic rings. The summed E-state index contributed by atoms with van der Waals surface area (Å²) in [6, 6.07) is 0. The Hall–Kier alpha value is -1.78. The first kappa shape index (κ1) is 5.96. The Morgan fingerprint density at radius 3 is 3.27 bits per heavy atom. The topological polar surface area (TPSA) is 84.9 Å². The Bertz CT molecular complexity index is 401. The number of fused-ring (bicyclic) bond motifs is 1. The van der Waals surface area contributed by atoms with Gasteiger partial charge in [0.2, 0.25) is 0 Å². The summed E-state index contributed by atoms with van der Waals surface area (Å²) in [5.41, 5.74) is 6.46. The third kappa shape index (κ3) is 0.706. The Labute approximate surface area is 61.2 Å². The quantitative estimate of drug-likeness (QED) is 0.612. The highest BCUT2D eigenvalue weighted by Gasteiger charge is 2.11. The van der Waals surface area contributed by atoms with Crippen molar-refractivity contribution in [3.8, 4) is 0 Å². The molecule has 0 aliphatic rings. The van der Waals surface area contributed by atoms with Gasteiger partial charge in [-0.1, -0.05) is 0 Å². The van der Waals surface area contributed by atoms with Crippen molar-refractivity contribution >= 4 is 17.0 Å². The standard InChI is InChI=1S/C6H5N3O2/c7-6(10)3-2-11-4-1-8-9-5(3)4/h1-2H,(H2,7,10)(H,8,9). The largest absolute Gasteiger partial charge is 0.460 e. The number of rotatable bonds is 1. The summed E-state index contributed by atoms with van der Waals surface area (Å²) in [6.45, 7) is 0. The van der Waals surface area contributed by atoms with Gasteiger partial charge in [-0.15, -0.1) is 0 Å². The normalized spacial score (nSPS) is 10.5. The summed E-state index contributed by atoms with van der Waals surface area (Å²) < 4.78 is 4.96. The number of carbonyl (C=O) groups excluding carboxylic acids is 1. The average Bonchev–Trinajstić information content (AvgIpc) is 2.41. The lowest BCUT2D eigenvalue weighted by molar-refractivity contribution is 0.100. The molecule has 11 heavy (non-hydrogen) atoms. The summed E-state index contributed by atoms with van der Waals surface area (Å²) in [7, 11) is 0. The van der Waals surface area contributed by atoms with Gasteiger partial charge < -0.3 is 10.2 Å². The molecule has 0 aromatic carbocycles. The van der Waals surface area contributed by atoms with Crippen LogP contribution in [0.4, 0.5) is 0 Å². The fraction of sp³-hybridized carbons (Fsp3) is 0. The molecule has 2 aromatic heterocycles. The fourth-order valence-corrected chi connectivity index (χ4v) is 0.920. The van der Waals surface area contributed by atoms with Crippen molar-refractivity contribution < 1.29 is 9.21 Å². The van der Waals surface area contributed by atoms with Gasteiger partial charge in [0.15, 0.2) is 5.58 Å². The first-order chi connectivity index (χ1) is 5.29. The van der Waals surface area contributed by atoms with Crippen LogP contribution in [0.1, 0.15) is 10.4 Å². The van der Waals surface area contributed by atoms with Crippen LogP contribution < -0.4 is 5.73 Å². The average molecular weight is 151 g/mol. The lowest BCUT2D eigenvalue weighted by Crippen LogP contribution is -2.09. The minimum atomic E-state index is -0.520. The molecule has 1 amide bonds. The molecule has 5 heteroatoms. The summed E-state index contributed by atoms with van der Waals surface area (Å²) in [6.07, 6.45) is 2.80. The number of nitrogens with one attached hydrogen (secondary N) is 1. The minimum absolute atomic E-state index is 0.331. The summed E-state index contributed by atoms with van der Waals surface area (Å²) in [4.78, 5) is 10.7. The third-order valence-electron chi connectivity index (χ3n) is 1.44. The van der Waals surface area contributed by atoms with E-state index in [1.165, 1.54) is 12.5 Å². The van der Waals surface area contributed by atoms with Crippen molar-refractivity contribution in [2.45, 2.75) is 0 Å². The lowest BCUT2D eigenvalue weighted by Gasteiger charge is -1.83. The Balaban J connectivity index is 2.78. The van der Waals surface area contributed by atoms with Crippen LogP contribution in [0.5, 0.6) is 0 Å². The van der Waals surface area contributed by atoms with Crippen LogP contribution in [0.3, 0.4) is 0 Å². The molecule has 56 valence electrons. The second-order valence-electron chi connectivity index (χ2n) is 2.12. The second-order valence-corrected chi connectivity index (χ2v) is 2.12. The monoisotopic (exact) mass is 151 g/mol. The van der Waals surface area contributed by atoms with Crippen molar-refractivity contribution in [2.24, 2.45) is 5.73 Å². The molecule has 3 N–H and O–H groups in total. The summed E-state index contributed by atoms with van der Waals surface area (Å²) in [5.74, 6) is -0.520. The number of nitrogens with two attached hydrogens (primary N) is 1. The number of nitrogens with zero attached hydrogens (tertiary/aromatic N) is 1. The van der Waals surface area contributed by atoms with Crippen LogP contribution in [0.15, 0.2) is 16.9 Å². The smallest absolute Gasteiger partial charge is 0.254 e. The Kier molecular flexibility index (Phi) is 1.00. The molecule has 2 heterocycles. The molecule has 0 fully saturated rings. The van der Waals surface area contributed by atoms with Gasteiger partial charge in [0, 0.05) is 0 Å². The van der Waals surface area contributed by atoms with E-state index in [9.17, 15) is 4.79 Å². The molecule has 0 saturated carbocycles. The van der Waals surface area contributed by atoms with Gasteiger partial charge in [-0.25, -0.2) is 0 Å². The van der Waals surface area contributed by atoms with Crippen LogP contribution in [0.25, 0.3) is 11.1 Å². The van der Waals surface area contributed by atoms with Gasteiger partial charge in [-0.3, -0.25) is 9.89 Å². The van der Waals surface area contributed by atoms with Crippen molar-refractivity contribution in [1.82, 2.24) is 10.2 Å². The van der Waals surface area contributed by atoms with E-state index in [0.717, 1.165) is 0 Å². The maximum atomic E-state index is 10.7. The van der Waals surface area contributed by atoms with E-state index >= 15 is 0 Å². The summed E-state index contributed by atoms with van der Waals surface area (Å²) in [5, 5.41) is 6.28. The predicted octanol–water partition coefficient (Wildman–Crippen LogP) is 0.255. The highest BCUT2D eigenvalue weighted by Crippen LogP contribution is 2.16. The van der Waals surface area contributed by atoms with Gasteiger partial charge >= 0.3 is 0 Å². The number of carbonyl (C=O) groups is 1. The first-order valence-electron chi connectivity index (χ1n) is 2.99. The van der Waals surface area contributed by atoms with E-state index in [0.29, 0.717) is 16.7 Å². The van der Waals surface area contributed by atoms with Crippen LogP contribution in [0.2, 0.25) is 0 Å². The van der Waals surface area contributed by atoms with Crippen molar-refractivity contribution in [1.29, 1.82) is 0 Å². The Morgan fingerprint density at radius 1 is 1.73 bits per heavy atom. The number of furan rings is 1. The summed E-state index contributed by atoms with van der Waals surface area (Å²) >= 11 is 0. The Morgan fingerprint density at radius 2 is 2.55 bits per heavy atom. The molecular formula is C6H5N3O2. The van der Waals surface area contributed by atoms with Gasteiger partial charge in [0.1, 0.15) is 17.3 Å². The number of amides is 1. The zero-order valence-corrected chi connectivity index (χ0v) is 5.50. The molecule has 5 nitrogen and oxygen atoms in total. The predicted molar refractivity (Wildman–Crippen MR) is 36.9 cm³/mol. The van der Waals surface area contributed by atoms with Gasteiger partial charge in [-0.2, -0.15) is 5.10 Å². The molecule has 0 spiro atoms. The van der Waals surface area contributed by atoms with Crippen molar-refractivity contribution in [3.63, 3.8) is 0 Å². The van der Waals surface area contributed by atoms with Gasteiger partial charge in [0.05, 0.1) is 6.20 Å². The molecule has 0 unspecified atom stereocenters. The number of hydrogen-bond acceptors (Lipinski definition) is 3. The molecule has 0 aliphatic heterocycles. The first-order valence-corrected chi connectivity index (χ1v) is 2.99. The van der Waals surface area contributed by atoms with Crippen LogP contribution in [-0.2, 0) is 0 Å². The zero-order chi connectivity index (χ0) is 7.84. The van der Waals surface area contributed by atoms with Crippen LogP contribution >= 0.6 is 0 Å². The number of hydrogen-bond donors (Lipinski definition) is 2. The van der Waals surface area contributed by atoms with E-state index in [-0.39, 0.29) is 0 Å². The molecule has 0 bridgehead atoms. The molecule has 0 radical (unpaired) electrons. The minimum Gasteiger partial charge on any atom is -0.460 e. The highest BCUT2D eigenvalue weighted by atomic mass is 16.3. The van der Waals surface area contributed by atoms with E-state index in [2.05, 4.69) is 10.2 Å². The number of aromatic amines is 1. The number of H-pyrrole nitrogens is 1. The molecule has 0 saturated heterocycles. The third-order valence-corrected chi connectivity index (χ3v) is 1.44. The molecular weight excluding hydrogens is 146 g/mol. The van der Waals surface area contributed by atoms with E-state index in [4.69, 9.17) is 10.2 Å². The number of primary amides is 1. The van der Waals surface area contributed by atoms with E-state index in [1.54, 1.807) is 0 Å².